The summed E-state index contributed by atoms with van der Waals surface area (Å²) >= 11 is 5.27. The Morgan fingerprint density at radius 3 is 2.25 bits per heavy atom. The molecule has 4 heavy (non-hydrogen) atoms. The van der Waals surface area contributed by atoms with Crippen LogP contribution >= 0.6 is 11.6 Å². The van der Waals surface area contributed by atoms with Crippen molar-refractivity contribution in [1.82, 2.24) is 0 Å². The summed E-state index contributed by atoms with van der Waals surface area (Å²) in [5.41, 5.74) is 0. The highest BCUT2D eigenvalue weighted by molar-refractivity contribution is 6.25. The zero-order valence-electron chi connectivity index (χ0n) is 2.11. The maximum atomic E-state index is 5.27. The van der Waals surface area contributed by atoms with E-state index in [-0.39, 0.29) is 0 Å². The lowest BCUT2D eigenvalue weighted by atomic mass is 11.0. The van der Waals surface area contributed by atoms with Gasteiger partial charge in [0.15, 0.2) is 0 Å². The second-order valence-corrected chi connectivity index (χ2v) is 1.33. The van der Waals surface area contributed by atoms with E-state index in [1.165, 1.54) is 0 Å². The highest BCUT2D eigenvalue weighted by Crippen LogP contribution is 2.22. The SMILES string of the molecule is ClC1[CH][CH+]1. The van der Waals surface area contributed by atoms with E-state index >= 15 is 0 Å². The molecule has 0 N–H and O–H groups in total. The van der Waals surface area contributed by atoms with Crippen molar-refractivity contribution in [2.75, 3.05) is 0 Å². The first-order chi connectivity index (χ1) is 1.89. The van der Waals surface area contributed by atoms with Crippen LogP contribution in [0.15, 0.2) is 0 Å². The third kappa shape index (κ3) is 0.291. The molecule has 1 radical (unpaired) electrons. The second-order valence-electron chi connectivity index (χ2n) is 0.829. The Labute approximate surface area is 30.8 Å². The first-order valence-corrected chi connectivity index (χ1v) is 1.65. The van der Waals surface area contributed by atoms with Gasteiger partial charge < -0.3 is 0 Å². The molecule has 0 spiro atoms. The fourth-order valence-corrected chi connectivity index (χ4v) is 0.126. The van der Waals surface area contributed by atoms with E-state index in [2.05, 4.69) is 0 Å². The molecule has 1 aliphatic rings. The van der Waals surface area contributed by atoms with Gasteiger partial charge in [-0.15, -0.1) is 0 Å². The van der Waals surface area contributed by atoms with Gasteiger partial charge in [0.25, 0.3) is 0 Å². The van der Waals surface area contributed by atoms with Crippen molar-refractivity contribution in [3.05, 3.63) is 12.8 Å². The van der Waals surface area contributed by atoms with Crippen LogP contribution in [0.5, 0.6) is 0 Å². The maximum Gasteiger partial charge on any atom is 0.219 e. The Bertz CT molecular complexity index is 22.5. The van der Waals surface area contributed by atoms with Crippen LogP contribution in [0.2, 0.25) is 0 Å². The molecule has 1 aliphatic carbocycles. The number of hydrogen-bond acceptors (Lipinski definition) is 0. The summed E-state index contributed by atoms with van der Waals surface area (Å²) in [6.07, 6.45) is 3.86. The van der Waals surface area contributed by atoms with Gasteiger partial charge in [-0.05, 0) is 0 Å². The Kier molecular flexibility index (Phi) is 0.332. The van der Waals surface area contributed by atoms with Crippen molar-refractivity contribution in [3.8, 4) is 0 Å². The number of rotatable bonds is 0. The second kappa shape index (κ2) is 0.554. The summed E-state index contributed by atoms with van der Waals surface area (Å²) in [5.74, 6) is 0. The molecular weight excluding hydrogens is 71.5 g/mol. The van der Waals surface area contributed by atoms with Crippen molar-refractivity contribution >= 4 is 11.6 Å². The van der Waals surface area contributed by atoms with Gasteiger partial charge in [0.05, 0.1) is 0 Å². The van der Waals surface area contributed by atoms with E-state index < -0.39 is 0 Å². The van der Waals surface area contributed by atoms with E-state index in [0.29, 0.717) is 5.38 Å². The van der Waals surface area contributed by atoms with Crippen molar-refractivity contribution in [1.29, 1.82) is 0 Å². The highest BCUT2D eigenvalue weighted by Gasteiger charge is 2.34. The molecule has 0 bridgehead atoms. The fourth-order valence-electron chi connectivity index (χ4n) is 0.0420. The van der Waals surface area contributed by atoms with Crippen LogP contribution in [-0.4, -0.2) is 5.38 Å². The largest absolute Gasteiger partial charge is 0.219 e. The monoisotopic (exact) mass is 74.0 g/mol. The third-order valence-corrected chi connectivity index (χ3v) is 0.629. The highest BCUT2D eigenvalue weighted by atomic mass is 35.5. The Morgan fingerprint density at radius 2 is 2.25 bits per heavy atom. The Morgan fingerprint density at radius 1 is 2.00 bits per heavy atom. The first kappa shape index (κ1) is 2.40. The maximum absolute atomic E-state index is 5.27. The average molecular weight is 74.5 g/mol. The van der Waals surface area contributed by atoms with E-state index in [9.17, 15) is 0 Å². The quantitative estimate of drug-likeness (QED) is 0.297. The molecular formula is C3H3Cl+. The van der Waals surface area contributed by atoms with Crippen LogP contribution < -0.4 is 0 Å². The predicted molar refractivity (Wildman–Crippen MR) is 18.2 cm³/mol. The molecule has 1 saturated carbocycles. The molecule has 0 aliphatic heterocycles. The van der Waals surface area contributed by atoms with Crippen LogP contribution in [0.3, 0.4) is 0 Å². The van der Waals surface area contributed by atoms with Gasteiger partial charge in [-0.2, -0.15) is 0 Å². The molecule has 0 nitrogen and oxygen atoms in total. The van der Waals surface area contributed by atoms with Gasteiger partial charge in [-0.1, -0.05) is 11.6 Å². The summed E-state index contributed by atoms with van der Waals surface area (Å²) in [4.78, 5) is 0. The summed E-state index contributed by atoms with van der Waals surface area (Å²) < 4.78 is 0. The normalized spacial score (nSPS) is 37.8. The van der Waals surface area contributed by atoms with E-state index in [0.717, 1.165) is 0 Å². The van der Waals surface area contributed by atoms with Gasteiger partial charge in [0.2, 0.25) is 11.8 Å². The van der Waals surface area contributed by atoms with Gasteiger partial charge in [-0.25, -0.2) is 0 Å². The molecule has 1 rings (SSSR count). The summed E-state index contributed by atoms with van der Waals surface area (Å²) in [6.45, 7) is 0. The molecule has 0 aromatic heterocycles. The third-order valence-electron chi connectivity index (χ3n) is 0.338. The number of halogens is 1. The molecule has 0 atom stereocenters. The standard InChI is InChI=1S/C3H3Cl/c4-3-1-2-3/h1-3H/q+1. The van der Waals surface area contributed by atoms with Crippen molar-refractivity contribution < 1.29 is 0 Å². The van der Waals surface area contributed by atoms with Crippen LogP contribution in [0, 0.1) is 12.8 Å². The minimum absolute atomic E-state index is 0.306. The smallest absolute Gasteiger partial charge is 0.0649 e. The zero-order chi connectivity index (χ0) is 2.99. The first-order valence-electron chi connectivity index (χ1n) is 1.22. The van der Waals surface area contributed by atoms with Crippen molar-refractivity contribution in [2.24, 2.45) is 0 Å². The molecule has 0 unspecified atom stereocenters. The molecule has 21 valence electrons. The summed E-state index contributed by atoms with van der Waals surface area (Å²) in [7, 11) is 0. The van der Waals surface area contributed by atoms with Gasteiger partial charge >= 0.3 is 0 Å². The summed E-state index contributed by atoms with van der Waals surface area (Å²) in [5, 5.41) is 0.306. The minimum atomic E-state index is 0.306. The lowest BCUT2D eigenvalue weighted by molar-refractivity contribution is 1.70. The van der Waals surface area contributed by atoms with Crippen molar-refractivity contribution in [2.45, 2.75) is 5.38 Å². The molecule has 0 amide bonds. The van der Waals surface area contributed by atoms with Gasteiger partial charge in [-0.3, -0.25) is 0 Å². The number of hydrogen-bond donors (Lipinski definition) is 0. The van der Waals surface area contributed by atoms with Crippen LogP contribution in [0.4, 0.5) is 0 Å². The molecule has 1 fully saturated rings. The molecule has 0 aromatic carbocycles. The van der Waals surface area contributed by atoms with E-state index in [4.69, 9.17) is 11.6 Å². The summed E-state index contributed by atoms with van der Waals surface area (Å²) in [6, 6.07) is 0. The lowest BCUT2D eigenvalue weighted by Gasteiger charge is -1.35. The molecule has 0 heterocycles. The van der Waals surface area contributed by atoms with Crippen LogP contribution in [0.1, 0.15) is 0 Å². The Hall–Kier alpha value is 0.160. The van der Waals surface area contributed by atoms with Gasteiger partial charge in [0, 0.05) is 0 Å². The minimum Gasteiger partial charge on any atom is -0.0649 e. The molecule has 0 aromatic rings. The topological polar surface area (TPSA) is 0 Å². The Balaban J connectivity index is 2.17. The van der Waals surface area contributed by atoms with Crippen LogP contribution in [0.25, 0.3) is 0 Å². The van der Waals surface area contributed by atoms with Gasteiger partial charge in [0.1, 0.15) is 6.42 Å². The molecule has 1 heteroatoms. The van der Waals surface area contributed by atoms with Crippen molar-refractivity contribution in [3.63, 3.8) is 0 Å². The average Bonchev–Trinajstić information content (AvgIpc) is 1.75. The fraction of sp³-hybridized carbons (Fsp3) is 0.333. The number of alkyl halides is 1. The van der Waals surface area contributed by atoms with Crippen LogP contribution in [-0.2, 0) is 0 Å². The molecule has 0 saturated heterocycles. The lowest BCUT2D eigenvalue weighted by Crippen LogP contribution is -1.46. The predicted octanol–water partition coefficient (Wildman–Crippen LogP) is 1.02. The van der Waals surface area contributed by atoms with E-state index in [1.54, 1.807) is 0 Å². The zero-order valence-corrected chi connectivity index (χ0v) is 2.87. The van der Waals surface area contributed by atoms with E-state index in [1.807, 2.05) is 12.8 Å².